The topological polar surface area (TPSA) is 170 Å². The molecule has 62 heavy (non-hydrogen) atoms. The zero-order chi connectivity index (χ0) is 41.9. The monoisotopic (exact) mass is 846 g/mol. The van der Waals surface area contributed by atoms with Crippen LogP contribution in [0.5, 0.6) is 11.5 Å². The summed E-state index contributed by atoms with van der Waals surface area (Å²) in [5, 5.41) is 5.45. The molecule has 11 aromatic rings. The Kier molecular flexibility index (Phi) is 9.07. The molecule has 2 N–H and O–H groups in total. The molecule has 0 fully saturated rings. The van der Waals surface area contributed by atoms with Gasteiger partial charge in [0.2, 0.25) is 0 Å². The van der Waals surface area contributed by atoms with Crippen molar-refractivity contribution in [2.75, 3.05) is 0 Å². The highest BCUT2D eigenvalue weighted by Crippen LogP contribution is 2.38. The minimum absolute atomic E-state index is 0.173. The van der Waals surface area contributed by atoms with E-state index >= 15 is 0 Å². The lowest BCUT2D eigenvalue weighted by atomic mass is 10.0. The fourth-order valence-electron chi connectivity index (χ4n) is 7.93. The van der Waals surface area contributed by atoms with Gasteiger partial charge in [0.15, 0.2) is 11.5 Å². The van der Waals surface area contributed by atoms with Gasteiger partial charge in [-0.1, -0.05) is 72.8 Å². The minimum atomic E-state index is -2.97. The molecular weight excluding hydrogens is 819 g/mol. The van der Waals surface area contributed by atoms with Crippen LogP contribution in [0.3, 0.4) is 0 Å². The first-order valence-electron chi connectivity index (χ1n) is 19.3. The highest BCUT2D eigenvalue weighted by Gasteiger charge is 2.21. The molecule has 2 unspecified atom stereocenters. The van der Waals surface area contributed by atoms with Crippen LogP contribution in [0.25, 0.3) is 110 Å². The van der Waals surface area contributed by atoms with Crippen molar-refractivity contribution in [2.24, 2.45) is 0 Å². The van der Waals surface area contributed by atoms with Crippen LogP contribution >= 0.6 is 16.5 Å². The highest BCUT2D eigenvalue weighted by molar-refractivity contribution is 7.32. The van der Waals surface area contributed by atoms with Crippen molar-refractivity contribution in [1.29, 1.82) is 0 Å². The van der Waals surface area contributed by atoms with Crippen molar-refractivity contribution in [3.63, 3.8) is 0 Å². The maximum absolute atomic E-state index is 12.0. The van der Waals surface area contributed by atoms with E-state index in [9.17, 15) is 18.9 Å². The van der Waals surface area contributed by atoms with Crippen molar-refractivity contribution >= 4 is 81.9 Å². The minimum Gasteiger partial charge on any atom is -0.254 e. The van der Waals surface area contributed by atoms with Crippen LogP contribution in [0.15, 0.2) is 158 Å². The number of rotatable bonds is 8. The summed E-state index contributed by atoms with van der Waals surface area (Å²) in [6, 6.07) is 45.6. The largest absolute Gasteiger partial charge is 0.747 e. The van der Waals surface area contributed by atoms with Gasteiger partial charge in [0.25, 0.3) is 0 Å². The molecule has 0 saturated carbocycles. The lowest BCUT2D eigenvalue weighted by molar-refractivity contribution is 0.409. The Bertz CT molecular complexity index is 3460. The third kappa shape index (κ3) is 6.89. The van der Waals surface area contributed by atoms with Crippen molar-refractivity contribution in [1.82, 2.24) is 29.9 Å². The zero-order valence-electron chi connectivity index (χ0n) is 32.1. The van der Waals surface area contributed by atoms with Gasteiger partial charge in [-0.05, 0) is 72.8 Å². The highest BCUT2D eigenvalue weighted by atomic mass is 31.1. The first kappa shape index (κ1) is 37.3. The molecule has 0 aliphatic heterocycles. The Balaban J connectivity index is 1.04. The Hall–Kier alpha value is -7.72. The molecule has 6 heterocycles. The third-order valence-corrected chi connectivity index (χ3v) is 11.5. The summed E-state index contributed by atoms with van der Waals surface area (Å²) in [6.07, 6.45) is 3.47. The molecule has 2 atom stereocenters. The summed E-state index contributed by atoms with van der Waals surface area (Å²) in [7, 11) is -5.93. The van der Waals surface area contributed by atoms with Gasteiger partial charge in [-0.2, -0.15) is 0 Å². The maximum Gasteiger partial charge on any atom is 0.747 e. The van der Waals surface area contributed by atoms with Gasteiger partial charge in [-0.3, -0.25) is 9.97 Å². The number of hydrogen-bond donors (Lipinski definition) is 2. The second-order valence-electron chi connectivity index (χ2n) is 14.6. The summed E-state index contributed by atoms with van der Waals surface area (Å²) in [6.45, 7) is 0. The van der Waals surface area contributed by atoms with Gasteiger partial charge in [-0.25, -0.2) is 29.0 Å². The molecule has 0 aliphatic carbocycles. The Morgan fingerprint density at radius 2 is 0.629 bits per heavy atom. The number of nitrogens with zero attached hydrogens (tertiary/aromatic N) is 6. The SMILES string of the molecule is O=[P+](O)Oc1cc(-c2ccc3ccc4cccnc4c3n2)cc(-c2ccc3ccc4ccc(-c5cc(O[P+](=O)O)cc(-c6ccc7ccc8cccnc8c7n6)c5)nc4c3n2)c1. The Morgan fingerprint density at radius 1 is 0.355 bits per heavy atom. The van der Waals surface area contributed by atoms with Crippen molar-refractivity contribution in [2.45, 2.75) is 0 Å². The predicted octanol–water partition coefficient (Wildman–Crippen LogP) is 11.7. The molecule has 12 nitrogen and oxygen atoms in total. The van der Waals surface area contributed by atoms with E-state index in [0.29, 0.717) is 56.1 Å². The zero-order valence-corrected chi connectivity index (χ0v) is 33.9. The molecule has 6 aromatic heterocycles. The summed E-state index contributed by atoms with van der Waals surface area (Å²) in [5.74, 6) is 0.347. The van der Waals surface area contributed by atoms with Gasteiger partial charge in [0, 0.05) is 76.1 Å². The van der Waals surface area contributed by atoms with Gasteiger partial charge >= 0.3 is 16.5 Å². The van der Waals surface area contributed by atoms with E-state index < -0.39 is 16.5 Å². The van der Waals surface area contributed by atoms with Crippen LogP contribution in [0, 0.1) is 0 Å². The van der Waals surface area contributed by atoms with E-state index in [4.69, 9.17) is 29.0 Å². The van der Waals surface area contributed by atoms with Gasteiger partial charge in [0.1, 0.15) is 0 Å². The molecule has 0 spiro atoms. The summed E-state index contributed by atoms with van der Waals surface area (Å²) >= 11 is 0. The second-order valence-corrected chi connectivity index (χ2v) is 15.9. The van der Waals surface area contributed by atoms with Crippen LogP contribution in [-0.2, 0) is 9.13 Å². The lowest BCUT2D eigenvalue weighted by Crippen LogP contribution is -1.94. The maximum atomic E-state index is 12.0. The lowest BCUT2D eigenvalue weighted by Gasteiger charge is -2.11. The van der Waals surface area contributed by atoms with Crippen LogP contribution < -0.4 is 9.05 Å². The van der Waals surface area contributed by atoms with E-state index in [-0.39, 0.29) is 11.5 Å². The van der Waals surface area contributed by atoms with Crippen LogP contribution in [0.2, 0.25) is 0 Å². The normalized spacial score (nSPS) is 12.1. The van der Waals surface area contributed by atoms with Gasteiger partial charge in [-0.15, -0.1) is 9.79 Å². The molecule has 294 valence electrons. The molecule has 14 heteroatoms. The number of pyridine rings is 6. The van der Waals surface area contributed by atoms with Crippen molar-refractivity contribution in [3.8, 4) is 56.5 Å². The van der Waals surface area contributed by atoms with E-state index in [1.807, 2.05) is 121 Å². The van der Waals surface area contributed by atoms with Crippen LogP contribution in [0.1, 0.15) is 0 Å². The molecule has 11 rings (SSSR count). The Labute approximate surface area is 353 Å². The molecule has 0 radical (unpaired) electrons. The van der Waals surface area contributed by atoms with Gasteiger partial charge < -0.3 is 0 Å². The first-order valence-corrected chi connectivity index (χ1v) is 21.6. The molecule has 0 bridgehead atoms. The third-order valence-electron chi connectivity index (χ3n) is 10.7. The molecule has 5 aromatic carbocycles. The van der Waals surface area contributed by atoms with E-state index in [1.54, 1.807) is 36.7 Å². The van der Waals surface area contributed by atoms with Crippen LogP contribution in [-0.4, -0.2) is 39.7 Å². The number of aromatic nitrogens is 6. The van der Waals surface area contributed by atoms with Crippen molar-refractivity contribution in [3.05, 3.63) is 158 Å². The average molecular weight is 847 g/mol. The van der Waals surface area contributed by atoms with E-state index in [1.165, 1.54) is 0 Å². The van der Waals surface area contributed by atoms with E-state index in [0.717, 1.165) is 54.4 Å². The fourth-order valence-corrected chi connectivity index (χ4v) is 8.51. The first-order chi connectivity index (χ1) is 30.3. The van der Waals surface area contributed by atoms with E-state index in [2.05, 4.69) is 9.97 Å². The smallest absolute Gasteiger partial charge is 0.254 e. The number of hydrogen-bond acceptors (Lipinski definition) is 10. The van der Waals surface area contributed by atoms with Gasteiger partial charge in [0.05, 0.1) is 55.9 Å². The fraction of sp³-hybridized carbons (Fsp3) is 0. The number of benzene rings is 5. The Morgan fingerprint density at radius 3 is 0.935 bits per heavy atom. The average Bonchev–Trinajstić information content (AvgIpc) is 3.30. The molecular formula is C48H28N6O6P2+2. The quantitative estimate of drug-likeness (QED) is 0.110. The summed E-state index contributed by atoms with van der Waals surface area (Å²) in [4.78, 5) is 49.0. The molecule has 0 amide bonds. The number of fused-ring (bicyclic) bond motifs is 9. The van der Waals surface area contributed by atoms with Crippen molar-refractivity contribution < 1.29 is 28.0 Å². The molecule has 0 saturated heterocycles. The molecule has 0 aliphatic rings. The predicted molar refractivity (Wildman–Crippen MR) is 241 cm³/mol. The van der Waals surface area contributed by atoms with Crippen LogP contribution in [0.4, 0.5) is 0 Å². The summed E-state index contributed by atoms with van der Waals surface area (Å²) in [5.41, 5.74) is 9.15. The standard InChI is InChI=1S/C48H26N6O6P2/c55-61(56)59-37-23-33(39-15-11-29-7-5-27-3-1-19-49-43(27)45(29)51-39)21-35(25-37)41-17-13-31-9-10-32-14-18-42(54-48(32)47(31)53-41)36-22-34(24-38(26-36)60-62(57)58)40-16-12-30-8-6-28-4-2-20-50-44(28)46(30)52-40/h1-26H/p+2. The second kappa shape index (κ2) is 15.1. The summed E-state index contributed by atoms with van der Waals surface area (Å²) < 4.78 is 34.7.